The summed E-state index contributed by atoms with van der Waals surface area (Å²) in [4.78, 5) is 10.7. The van der Waals surface area contributed by atoms with Gasteiger partial charge in [-0.05, 0) is 31.0 Å². The van der Waals surface area contributed by atoms with Crippen LogP contribution in [-0.4, -0.2) is 43.6 Å². The lowest BCUT2D eigenvalue weighted by Crippen LogP contribution is -2.49. The highest BCUT2D eigenvalue weighted by Gasteiger charge is 2.13. The van der Waals surface area contributed by atoms with Gasteiger partial charge in [0.05, 0.1) is 0 Å². The van der Waals surface area contributed by atoms with Crippen LogP contribution < -0.4 is 10.6 Å². The number of aliphatic imine (C=N–C) groups is 2. The summed E-state index contributed by atoms with van der Waals surface area (Å²) in [6.45, 7) is 2.75. The second-order valence-electron chi connectivity index (χ2n) is 4.89. The topological polar surface area (TPSA) is 52.0 Å². The summed E-state index contributed by atoms with van der Waals surface area (Å²) in [5.74, 6) is 1.58. The Labute approximate surface area is 124 Å². The van der Waals surface area contributed by atoms with Gasteiger partial charge in [0.15, 0.2) is 5.96 Å². The maximum Gasteiger partial charge on any atom is 0.202 e. The minimum Gasteiger partial charge on any atom is -0.356 e. The van der Waals surface area contributed by atoms with Gasteiger partial charge < -0.3 is 10.2 Å². The van der Waals surface area contributed by atoms with Crippen LogP contribution in [0.5, 0.6) is 0 Å². The van der Waals surface area contributed by atoms with E-state index >= 15 is 0 Å². The summed E-state index contributed by atoms with van der Waals surface area (Å²) in [6.07, 6.45) is 0.826. The van der Waals surface area contributed by atoms with E-state index in [0.717, 1.165) is 29.9 Å². The summed E-state index contributed by atoms with van der Waals surface area (Å²) in [5, 5.41) is 7.23. The number of hydrogen-bond donors (Lipinski definition) is 2. The molecule has 0 aliphatic carbocycles. The zero-order valence-electron chi connectivity index (χ0n) is 12.0. The lowest BCUT2D eigenvalue weighted by atomic mass is 10.1. The van der Waals surface area contributed by atoms with Gasteiger partial charge in [0.1, 0.15) is 6.17 Å². The van der Waals surface area contributed by atoms with E-state index < -0.39 is 0 Å². The van der Waals surface area contributed by atoms with Crippen LogP contribution in [0.1, 0.15) is 12.5 Å². The van der Waals surface area contributed by atoms with E-state index in [1.54, 1.807) is 0 Å². The van der Waals surface area contributed by atoms with Crippen molar-refractivity contribution in [2.24, 2.45) is 9.98 Å². The molecule has 0 radical (unpaired) electrons. The van der Waals surface area contributed by atoms with Crippen molar-refractivity contribution in [2.75, 3.05) is 20.6 Å². The molecule has 108 valence electrons. The maximum atomic E-state index is 5.97. The zero-order valence-corrected chi connectivity index (χ0v) is 12.8. The number of guanidine groups is 2. The highest BCUT2D eigenvalue weighted by Crippen LogP contribution is 2.10. The van der Waals surface area contributed by atoms with Crippen molar-refractivity contribution in [3.05, 3.63) is 34.9 Å². The second-order valence-corrected chi connectivity index (χ2v) is 5.32. The van der Waals surface area contributed by atoms with Gasteiger partial charge in [0.2, 0.25) is 5.96 Å². The number of halogens is 1. The van der Waals surface area contributed by atoms with Gasteiger partial charge in [-0.2, -0.15) is 0 Å². The van der Waals surface area contributed by atoms with Crippen LogP contribution in [-0.2, 0) is 6.42 Å². The van der Waals surface area contributed by atoms with Crippen LogP contribution >= 0.6 is 11.6 Å². The van der Waals surface area contributed by atoms with E-state index in [0.29, 0.717) is 0 Å². The summed E-state index contributed by atoms with van der Waals surface area (Å²) < 4.78 is 0. The van der Waals surface area contributed by atoms with Crippen LogP contribution in [0.2, 0.25) is 5.02 Å². The number of rotatable bonds is 3. The standard InChI is InChI=1S/C14H20ClN5/c1-10-17-13(19-14(18-10)20(2)3)16-8-7-11-5-4-6-12(15)9-11/h4-6,9-10H,7-8H2,1-3H3,(H2,16,17,18,19). The third-order valence-corrected chi connectivity index (χ3v) is 3.11. The molecule has 6 heteroatoms. The molecule has 0 saturated carbocycles. The van der Waals surface area contributed by atoms with Gasteiger partial charge >= 0.3 is 0 Å². The summed E-state index contributed by atoms with van der Waals surface area (Å²) in [7, 11) is 3.90. The number of nitrogens with zero attached hydrogens (tertiary/aromatic N) is 3. The molecule has 0 spiro atoms. The monoisotopic (exact) mass is 293 g/mol. The fourth-order valence-electron chi connectivity index (χ4n) is 1.90. The van der Waals surface area contributed by atoms with E-state index in [4.69, 9.17) is 11.6 Å². The van der Waals surface area contributed by atoms with Crippen molar-refractivity contribution in [2.45, 2.75) is 19.5 Å². The molecule has 0 aromatic heterocycles. The molecule has 1 aliphatic heterocycles. The quantitative estimate of drug-likeness (QED) is 0.892. The Kier molecular flexibility index (Phi) is 4.84. The molecular weight excluding hydrogens is 274 g/mol. The lowest BCUT2D eigenvalue weighted by Gasteiger charge is -2.24. The summed E-state index contributed by atoms with van der Waals surface area (Å²) in [5.41, 5.74) is 1.20. The third-order valence-electron chi connectivity index (χ3n) is 2.87. The molecule has 2 rings (SSSR count). The first-order valence-corrected chi connectivity index (χ1v) is 7.00. The number of benzene rings is 1. The molecule has 0 saturated heterocycles. The fraction of sp³-hybridized carbons (Fsp3) is 0.429. The smallest absolute Gasteiger partial charge is 0.202 e. The molecule has 1 aromatic rings. The number of nitrogens with one attached hydrogen (secondary N) is 2. The van der Waals surface area contributed by atoms with Crippen molar-refractivity contribution in [3.8, 4) is 0 Å². The Morgan fingerprint density at radius 2 is 2.15 bits per heavy atom. The van der Waals surface area contributed by atoms with E-state index in [1.165, 1.54) is 5.56 Å². The maximum absolute atomic E-state index is 5.97. The Morgan fingerprint density at radius 1 is 1.35 bits per heavy atom. The van der Waals surface area contributed by atoms with Crippen LogP contribution in [0.25, 0.3) is 0 Å². The molecule has 1 heterocycles. The molecule has 5 nitrogen and oxygen atoms in total. The molecule has 20 heavy (non-hydrogen) atoms. The van der Waals surface area contributed by atoms with Crippen molar-refractivity contribution in [1.29, 1.82) is 0 Å². The van der Waals surface area contributed by atoms with Crippen molar-refractivity contribution in [3.63, 3.8) is 0 Å². The second kappa shape index (κ2) is 6.61. The number of hydrogen-bond acceptors (Lipinski definition) is 5. The first kappa shape index (κ1) is 14.7. The van der Waals surface area contributed by atoms with Gasteiger partial charge in [-0.25, -0.2) is 9.98 Å². The largest absolute Gasteiger partial charge is 0.356 e. The van der Waals surface area contributed by atoms with Crippen molar-refractivity contribution in [1.82, 2.24) is 15.5 Å². The molecule has 0 amide bonds. The minimum atomic E-state index is -0.0673. The molecule has 1 aromatic carbocycles. The summed E-state index contributed by atoms with van der Waals surface area (Å²) in [6, 6.07) is 7.90. The Morgan fingerprint density at radius 3 is 2.85 bits per heavy atom. The van der Waals surface area contributed by atoms with Crippen molar-refractivity contribution < 1.29 is 0 Å². The molecular formula is C14H20ClN5. The first-order chi connectivity index (χ1) is 9.54. The zero-order chi connectivity index (χ0) is 14.5. The predicted octanol–water partition coefficient (Wildman–Crippen LogP) is 1.69. The Balaban J connectivity index is 1.85. The van der Waals surface area contributed by atoms with Gasteiger partial charge in [0.25, 0.3) is 0 Å². The molecule has 1 aliphatic rings. The van der Waals surface area contributed by atoms with Gasteiger partial charge in [0, 0.05) is 25.7 Å². The van der Waals surface area contributed by atoms with Crippen LogP contribution in [0.15, 0.2) is 34.3 Å². The first-order valence-electron chi connectivity index (χ1n) is 6.63. The molecule has 1 unspecified atom stereocenters. The van der Waals surface area contributed by atoms with E-state index in [-0.39, 0.29) is 6.17 Å². The Bertz CT molecular complexity index is 524. The lowest BCUT2D eigenvalue weighted by molar-refractivity contribution is 0.578. The van der Waals surface area contributed by atoms with Crippen LogP contribution in [0, 0.1) is 0 Å². The fourth-order valence-corrected chi connectivity index (χ4v) is 2.11. The average Bonchev–Trinajstić information content (AvgIpc) is 2.38. The molecule has 2 N–H and O–H groups in total. The predicted molar refractivity (Wildman–Crippen MR) is 84.3 cm³/mol. The van der Waals surface area contributed by atoms with E-state index in [9.17, 15) is 0 Å². The van der Waals surface area contributed by atoms with Crippen LogP contribution in [0.4, 0.5) is 0 Å². The Hall–Kier alpha value is -1.75. The molecule has 1 atom stereocenters. The highest BCUT2D eigenvalue weighted by molar-refractivity contribution is 6.30. The van der Waals surface area contributed by atoms with E-state index in [2.05, 4.69) is 26.7 Å². The summed E-state index contributed by atoms with van der Waals surface area (Å²) >= 11 is 5.97. The molecule has 0 bridgehead atoms. The normalized spacial score (nSPS) is 17.9. The van der Waals surface area contributed by atoms with Crippen molar-refractivity contribution >= 4 is 23.5 Å². The van der Waals surface area contributed by atoms with Gasteiger partial charge in [-0.3, -0.25) is 5.32 Å². The average molecular weight is 294 g/mol. The molecule has 0 fully saturated rings. The highest BCUT2D eigenvalue weighted by atomic mass is 35.5. The van der Waals surface area contributed by atoms with E-state index in [1.807, 2.05) is 44.1 Å². The van der Waals surface area contributed by atoms with Crippen LogP contribution in [0.3, 0.4) is 0 Å². The van der Waals surface area contributed by atoms with Gasteiger partial charge in [-0.15, -0.1) is 0 Å². The third kappa shape index (κ3) is 4.13. The van der Waals surface area contributed by atoms with Gasteiger partial charge in [-0.1, -0.05) is 23.7 Å². The minimum absolute atomic E-state index is 0.0673. The SMILES string of the molecule is CC1N=C(NCCc2cccc(Cl)c2)NC(N(C)C)=N1.